The third kappa shape index (κ3) is 3.00. The molecule has 0 spiro atoms. The highest BCUT2D eigenvalue weighted by molar-refractivity contribution is 6.30. The summed E-state index contributed by atoms with van der Waals surface area (Å²) in [6.07, 6.45) is 3.76. The van der Waals surface area contributed by atoms with E-state index in [9.17, 15) is 4.79 Å². The summed E-state index contributed by atoms with van der Waals surface area (Å²) < 4.78 is 1.68. The number of aryl methyl sites for hydroxylation is 1. The summed E-state index contributed by atoms with van der Waals surface area (Å²) in [6.45, 7) is 2.17. The van der Waals surface area contributed by atoms with Gasteiger partial charge in [-0.1, -0.05) is 11.6 Å². The molecule has 116 valence electrons. The Balaban J connectivity index is 1.88. The zero-order chi connectivity index (χ0) is 15.7. The van der Waals surface area contributed by atoms with Gasteiger partial charge in [0.05, 0.1) is 23.6 Å². The van der Waals surface area contributed by atoms with Crippen LogP contribution in [0.2, 0.25) is 5.02 Å². The topological polar surface area (TPSA) is 58.4 Å². The number of carbonyl (C=O) groups excluding carboxylic acids is 1. The van der Waals surface area contributed by atoms with Crippen molar-refractivity contribution in [2.45, 2.75) is 25.8 Å². The van der Waals surface area contributed by atoms with Crippen LogP contribution < -0.4 is 0 Å². The molecule has 1 N–H and O–H groups in total. The molecule has 5 nitrogen and oxygen atoms in total. The van der Waals surface area contributed by atoms with E-state index in [1.807, 2.05) is 19.1 Å². The number of benzene rings is 1. The molecule has 0 radical (unpaired) electrons. The van der Waals surface area contributed by atoms with E-state index in [0.717, 1.165) is 18.5 Å². The fourth-order valence-corrected chi connectivity index (χ4v) is 2.62. The van der Waals surface area contributed by atoms with Gasteiger partial charge in [-0.15, -0.1) is 0 Å². The average Bonchev–Trinajstić information content (AvgIpc) is 3.27. The zero-order valence-electron chi connectivity index (χ0n) is 12.4. The molecule has 1 aromatic heterocycles. The van der Waals surface area contributed by atoms with Crippen molar-refractivity contribution in [2.75, 3.05) is 13.2 Å². The molecule has 1 aliphatic rings. The molecule has 0 bridgehead atoms. The number of hydrogen-bond acceptors (Lipinski definition) is 3. The molecule has 22 heavy (non-hydrogen) atoms. The van der Waals surface area contributed by atoms with Crippen LogP contribution >= 0.6 is 11.6 Å². The van der Waals surface area contributed by atoms with E-state index in [1.54, 1.807) is 27.9 Å². The van der Waals surface area contributed by atoms with Gasteiger partial charge in [0.1, 0.15) is 0 Å². The number of hydrogen-bond donors (Lipinski definition) is 1. The van der Waals surface area contributed by atoms with Gasteiger partial charge in [0.2, 0.25) is 0 Å². The second-order valence-electron chi connectivity index (χ2n) is 5.50. The number of aliphatic hydroxyl groups excluding tert-OH is 1. The van der Waals surface area contributed by atoms with Crippen LogP contribution in [0.1, 0.15) is 28.9 Å². The Labute approximate surface area is 134 Å². The van der Waals surface area contributed by atoms with Crippen molar-refractivity contribution in [3.8, 4) is 5.69 Å². The van der Waals surface area contributed by atoms with E-state index in [1.165, 1.54) is 0 Å². The van der Waals surface area contributed by atoms with Crippen LogP contribution in [0.4, 0.5) is 0 Å². The van der Waals surface area contributed by atoms with E-state index >= 15 is 0 Å². The molecular formula is C16H18ClN3O2. The van der Waals surface area contributed by atoms with Crippen molar-refractivity contribution in [3.05, 3.63) is 46.7 Å². The molecule has 2 aromatic rings. The van der Waals surface area contributed by atoms with Gasteiger partial charge in [0.25, 0.3) is 5.91 Å². The maximum absolute atomic E-state index is 12.7. The fourth-order valence-electron chi connectivity index (χ4n) is 2.49. The van der Waals surface area contributed by atoms with Crippen LogP contribution in [0.3, 0.4) is 0 Å². The molecule has 1 heterocycles. The lowest BCUT2D eigenvalue weighted by atomic mass is 10.2. The first-order chi connectivity index (χ1) is 10.6. The minimum Gasteiger partial charge on any atom is -0.395 e. The van der Waals surface area contributed by atoms with Crippen molar-refractivity contribution in [2.24, 2.45) is 0 Å². The number of amides is 1. The van der Waals surface area contributed by atoms with Crippen molar-refractivity contribution in [1.82, 2.24) is 14.7 Å². The van der Waals surface area contributed by atoms with Crippen LogP contribution in [0.15, 0.2) is 30.5 Å². The van der Waals surface area contributed by atoms with E-state index < -0.39 is 0 Å². The van der Waals surface area contributed by atoms with E-state index in [2.05, 4.69) is 5.10 Å². The molecule has 1 amide bonds. The smallest absolute Gasteiger partial charge is 0.257 e. The number of aromatic nitrogens is 2. The zero-order valence-corrected chi connectivity index (χ0v) is 13.1. The molecule has 1 aromatic carbocycles. The van der Waals surface area contributed by atoms with Gasteiger partial charge in [-0.05, 0) is 44.0 Å². The van der Waals surface area contributed by atoms with Gasteiger partial charge in [0, 0.05) is 23.8 Å². The second kappa shape index (κ2) is 6.10. The summed E-state index contributed by atoms with van der Waals surface area (Å²) in [7, 11) is 0. The molecule has 3 rings (SSSR count). The van der Waals surface area contributed by atoms with Gasteiger partial charge < -0.3 is 10.0 Å². The summed E-state index contributed by atoms with van der Waals surface area (Å²) >= 11 is 5.89. The van der Waals surface area contributed by atoms with Crippen molar-refractivity contribution in [3.63, 3.8) is 0 Å². The monoisotopic (exact) mass is 319 g/mol. The first kappa shape index (κ1) is 15.1. The number of rotatable bonds is 5. The van der Waals surface area contributed by atoms with Crippen LogP contribution in [0.5, 0.6) is 0 Å². The largest absolute Gasteiger partial charge is 0.395 e. The highest BCUT2D eigenvalue weighted by atomic mass is 35.5. The normalized spacial score (nSPS) is 14.1. The molecule has 6 heteroatoms. The third-order valence-electron chi connectivity index (χ3n) is 3.81. The summed E-state index contributed by atoms with van der Waals surface area (Å²) in [5.74, 6) is -0.0609. The summed E-state index contributed by atoms with van der Waals surface area (Å²) in [4.78, 5) is 14.4. The fraction of sp³-hybridized carbons (Fsp3) is 0.375. The average molecular weight is 320 g/mol. The van der Waals surface area contributed by atoms with Gasteiger partial charge >= 0.3 is 0 Å². The van der Waals surface area contributed by atoms with Crippen molar-refractivity contribution in [1.29, 1.82) is 0 Å². The Kier molecular flexibility index (Phi) is 4.18. The standard InChI is InChI=1S/C16H18ClN3O2/c1-11-15(16(22)19(8-9-21)13-6-7-13)10-20(18-11)14-4-2-12(17)3-5-14/h2-5,10,13,21H,6-9H2,1H3. The van der Waals surface area contributed by atoms with Gasteiger partial charge in [-0.25, -0.2) is 4.68 Å². The first-order valence-electron chi connectivity index (χ1n) is 7.34. The Bertz CT molecular complexity index is 677. The van der Waals surface area contributed by atoms with Crippen molar-refractivity contribution < 1.29 is 9.90 Å². The van der Waals surface area contributed by atoms with Gasteiger partial charge in [-0.3, -0.25) is 4.79 Å². The predicted molar refractivity (Wildman–Crippen MR) is 84.5 cm³/mol. The Morgan fingerprint density at radius 2 is 2.09 bits per heavy atom. The van der Waals surface area contributed by atoms with Crippen LogP contribution in [-0.4, -0.2) is 44.9 Å². The maximum Gasteiger partial charge on any atom is 0.257 e. The summed E-state index contributed by atoms with van der Waals surface area (Å²) in [5.41, 5.74) is 2.12. The quantitative estimate of drug-likeness (QED) is 0.921. The molecule has 0 saturated heterocycles. The highest BCUT2D eigenvalue weighted by Gasteiger charge is 2.33. The minimum atomic E-state index is -0.0609. The van der Waals surface area contributed by atoms with Crippen LogP contribution in [-0.2, 0) is 0 Å². The lowest BCUT2D eigenvalue weighted by Gasteiger charge is -2.20. The minimum absolute atomic E-state index is 0.0212. The lowest BCUT2D eigenvalue weighted by Crippen LogP contribution is -2.35. The van der Waals surface area contributed by atoms with E-state index in [0.29, 0.717) is 22.8 Å². The SMILES string of the molecule is Cc1nn(-c2ccc(Cl)cc2)cc1C(=O)N(CCO)C1CC1. The molecule has 0 aliphatic heterocycles. The predicted octanol–water partition coefficient (Wildman–Crippen LogP) is 2.43. The van der Waals surface area contributed by atoms with Gasteiger partial charge in [-0.2, -0.15) is 5.10 Å². The van der Waals surface area contributed by atoms with Crippen LogP contribution in [0.25, 0.3) is 5.69 Å². The Morgan fingerprint density at radius 3 is 2.68 bits per heavy atom. The van der Waals surface area contributed by atoms with Crippen LogP contribution in [0, 0.1) is 6.92 Å². The number of carbonyl (C=O) groups is 1. The van der Waals surface area contributed by atoms with Crippen molar-refractivity contribution >= 4 is 17.5 Å². The number of nitrogens with zero attached hydrogens (tertiary/aromatic N) is 3. The molecule has 0 atom stereocenters. The maximum atomic E-state index is 12.7. The number of aliphatic hydroxyl groups is 1. The van der Waals surface area contributed by atoms with Gasteiger partial charge in [0.15, 0.2) is 0 Å². The first-order valence-corrected chi connectivity index (χ1v) is 7.72. The Morgan fingerprint density at radius 1 is 1.41 bits per heavy atom. The molecule has 1 fully saturated rings. The third-order valence-corrected chi connectivity index (χ3v) is 4.06. The summed E-state index contributed by atoms with van der Waals surface area (Å²) in [6, 6.07) is 7.55. The molecule has 1 aliphatic carbocycles. The summed E-state index contributed by atoms with van der Waals surface area (Å²) in [5, 5.41) is 14.2. The molecular weight excluding hydrogens is 302 g/mol. The number of halogens is 1. The van der Waals surface area contributed by atoms with E-state index in [4.69, 9.17) is 16.7 Å². The second-order valence-corrected chi connectivity index (χ2v) is 5.94. The highest BCUT2D eigenvalue weighted by Crippen LogP contribution is 2.28. The molecule has 0 unspecified atom stereocenters. The Hall–Kier alpha value is -1.85. The van der Waals surface area contributed by atoms with E-state index in [-0.39, 0.29) is 18.6 Å². The lowest BCUT2D eigenvalue weighted by molar-refractivity contribution is 0.0707. The molecule has 1 saturated carbocycles.